The first-order chi connectivity index (χ1) is 41.2. The monoisotopic (exact) mass is 1240 g/mol. The molecule has 0 unspecified atom stereocenters. The molecule has 7 aromatic rings. The number of aromatic nitrogens is 3. The SMILES string of the molecule is [C-]#[N+]c1cc(/C=C(\C(C)=O)C(=O)Nc2cccc(F)c2)sc1N=Nc1ccc(N(CC)CC)cc1Nc1nc(Nc2cc(N(CC)CC)ccc2N=Nc2sc(/C=C(/C(C)=O)C(=O)Nc3cccc(F)c3)c(S(=O)(=O)O)c2C#N)nc(SCCO)n1. The predicted molar refractivity (Wildman–Crippen MR) is 329 cm³/mol. The van der Waals surface area contributed by atoms with Gasteiger partial charge >= 0.3 is 0 Å². The molecule has 0 bridgehead atoms. The molecule has 0 aliphatic heterocycles. The van der Waals surface area contributed by atoms with E-state index in [0.717, 1.165) is 60.0 Å². The lowest BCUT2D eigenvalue weighted by Crippen LogP contribution is -2.21. The molecule has 0 fully saturated rings. The fourth-order valence-electron chi connectivity index (χ4n) is 8.11. The molecule has 86 heavy (non-hydrogen) atoms. The van der Waals surface area contributed by atoms with Crippen LogP contribution in [-0.4, -0.2) is 94.9 Å². The number of carbonyl (C=O) groups is 4. The molecule has 7 rings (SSSR count). The number of azo groups is 2. The van der Waals surface area contributed by atoms with Gasteiger partial charge in [-0.1, -0.05) is 23.9 Å². The minimum Gasteiger partial charge on any atom is -0.396 e. The summed E-state index contributed by atoms with van der Waals surface area (Å²) in [4.78, 5) is 72.8. The molecule has 0 saturated heterocycles. The predicted octanol–water partition coefficient (Wildman–Crippen LogP) is 13.3. The highest BCUT2D eigenvalue weighted by molar-refractivity contribution is 7.99. The fourth-order valence-corrected chi connectivity index (χ4v) is 11.7. The molecule has 0 spiro atoms. The first-order valence-electron chi connectivity index (χ1n) is 26.0. The van der Waals surface area contributed by atoms with Crippen molar-refractivity contribution in [3.63, 3.8) is 0 Å². The van der Waals surface area contributed by atoms with Gasteiger partial charge in [0.1, 0.15) is 44.5 Å². The molecule has 2 amide bonds. The van der Waals surface area contributed by atoms with E-state index in [-0.39, 0.29) is 79.1 Å². The third-order valence-corrected chi connectivity index (χ3v) is 16.1. The number of hydrogen-bond donors (Lipinski definition) is 6. The number of hydrogen-bond acceptors (Lipinski definition) is 22. The summed E-state index contributed by atoms with van der Waals surface area (Å²) in [5, 5.41) is 49.1. The van der Waals surface area contributed by atoms with Crippen molar-refractivity contribution in [2.75, 3.05) is 69.6 Å². The van der Waals surface area contributed by atoms with E-state index in [1.165, 1.54) is 49.4 Å². The van der Waals surface area contributed by atoms with Crippen LogP contribution in [0.4, 0.5) is 81.9 Å². The molecule has 23 nitrogen and oxygen atoms in total. The molecular weight excluding hydrogens is 1190 g/mol. The van der Waals surface area contributed by atoms with Crippen LogP contribution in [0.25, 0.3) is 17.0 Å². The van der Waals surface area contributed by atoms with Gasteiger partial charge in [0.25, 0.3) is 21.9 Å². The molecule has 442 valence electrons. The maximum Gasteiger partial charge on any atom is 0.297 e. The van der Waals surface area contributed by atoms with Crippen molar-refractivity contribution in [2.45, 2.75) is 51.6 Å². The van der Waals surface area contributed by atoms with Crippen LogP contribution < -0.4 is 31.1 Å². The number of aliphatic hydroxyl groups excluding tert-OH is 1. The van der Waals surface area contributed by atoms with Gasteiger partial charge in [0, 0.05) is 59.6 Å². The van der Waals surface area contributed by atoms with E-state index in [2.05, 4.69) is 61.4 Å². The van der Waals surface area contributed by atoms with E-state index >= 15 is 0 Å². The number of ketones is 2. The van der Waals surface area contributed by atoms with Crippen molar-refractivity contribution >= 4 is 153 Å². The van der Waals surface area contributed by atoms with Gasteiger partial charge in [-0.2, -0.15) is 33.7 Å². The number of benzene rings is 4. The van der Waals surface area contributed by atoms with E-state index in [1.807, 2.05) is 38.7 Å². The summed E-state index contributed by atoms with van der Waals surface area (Å²) in [6.07, 6.45) is 2.19. The second-order valence-electron chi connectivity index (χ2n) is 17.9. The van der Waals surface area contributed by atoms with Crippen molar-refractivity contribution in [3.8, 4) is 6.07 Å². The van der Waals surface area contributed by atoms with Crippen LogP contribution in [0, 0.1) is 29.5 Å². The lowest BCUT2D eigenvalue weighted by atomic mass is 10.1. The molecule has 3 aromatic heterocycles. The van der Waals surface area contributed by atoms with Gasteiger partial charge in [-0.05, 0) is 133 Å². The number of nitrogens with zero attached hydrogens (tertiary/aromatic N) is 11. The van der Waals surface area contributed by atoms with E-state index in [9.17, 15) is 51.3 Å². The zero-order valence-corrected chi connectivity index (χ0v) is 50.0. The maximum atomic E-state index is 14.0. The van der Waals surface area contributed by atoms with Crippen LogP contribution in [0.1, 0.15) is 56.9 Å². The number of halogens is 2. The Bertz CT molecular complexity index is 4070. The summed E-state index contributed by atoms with van der Waals surface area (Å²) < 4.78 is 64.1. The topological polar surface area (TPSA) is 314 Å². The third kappa shape index (κ3) is 16.4. The average molecular weight is 1240 g/mol. The second kappa shape index (κ2) is 29.4. The van der Waals surface area contributed by atoms with Crippen molar-refractivity contribution in [2.24, 2.45) is 20.5 Å². The Morgan fingerprint density at radius 1 is 0.721 bits per heavy atom. The summed E-state index contributed by atoms with van der Waals surface area (Å²) >= 11 is 2.63. The average Bonchev–Trinajstić information content (AvgIpc) is 2.18. The number of nitriles is 1. The quantitative estimate of drug-likeness (QED) is 0.00558. The summed E-state index contributed by atoms with van der Waals surface area (Å²) in [5.41, 5.74) is 1.16. The van der Waals surface area contributed by atoms with Crippen molar-refractivity contribution in [3.05, 3.63) is 141 Å². The van der Waals surface area contributed by atoms with Crippen LogP contribution >= 0.6 is 34.4 Å². The highest BCUT2D eigenvalue weighted by Gasteiger charge is 2.29. The smallest absolute Gasteiger partial charge is 0.297 e. The fraction of sp³-hybridized carbons (Fsp3) is 0.211. The molecular formula is C57H53F2N15O8S4. The largest absolute Gasteiger partial charge is 0.396 e. The van der Waals surface area contributed by atoms with Gasteiger partial charge in [0.05, 0.1) is 40.6 Å². The number of nitrogens with one attached hydrogen (secondary N) is 4. The number of anilines is 8. The first kappa shape index (κ1) is 64.1. The molecule has 0 radical (unpaired) electrons. The Morgan fingerprint density at radius 3 is 1.66 bits per heavy atom. The van der Waals surface area contributed by atoms with Gasteiger partial charge in [-0.25, -0.2) is 13.6 Å². The summed E-state index contributed by atoms with van der Waals surface area (Å²) in [7, 11) is -5.22. The van der Waals surface area contributed by atoms with Crippen LogP contribution in [-0.2, 0) is 29.3 Å². The van der Waals surface area contributed by atoms with Crippen LogP contribution in [0.3, 0.4) is 0 Å². The molecule has 0 saturated carbocycles. The Labute approximate surface area is 504 Å². The highest BCUT2D eigenvalue weighted by atomic mass is 32.2. The molecule has 0 aliphatic carbocycles. The van der Waals surface area contributed by atoms with Crippen molar-refractivity contribution < 1.29 is 46.0 Å². The van der Waals surface area contributed by atoms with Crippen LogP contribution in [0.2, 0.25) is 0 Å². The Kier molecular flexibility index (Phi) is 21.9. The standard InChI is InChI=1S/C57H53F2N15O8S4/c1-8-73(9-2)38-18-20-44(69-71-53-43(31-60)50(86(80,81)82)49(85-53)30-42(33(6)77)52(79)63-37-17-13-15-35(59)25-37)46(26-38)64-55-66-56(68-57(67-55)83-23-22-75)65-47-27-39(74(10-3)11-4)19-21-45(47)70-72-54-48(61-7)29-40(84-54)28-41(32(5)76)51(78)62-36-16-12-14-34(58)24-36/h12-21,24-30,75H,8-11,22-23H2,1-6H3,(H,62,78)(H,63,79)(H,80,81,82)(H2,64,65,66,67,68)/b41-28+,42-30-,71-69?,72-70?. The first-order valence-corrected chi connectivity index (χ1v) is 30.0. The van der Waals surface area contributed by atoms with E-state index in [1.54, 1.807) is 36.4 Å². The zero-order valence-electron chi connectivity index (χ0n) is 46.7. The van der Waals surface area contributed by atoms with Gasteiger partial charge in [0.15, 0.2) is 21.7 Å². The minimum absolute atomic E-state index is 0.0112. The summed E-state index contributed by atoms with van der Waals surface area (Å²) in [6.45, 7) is 20.2. The third-order valence-electron chi connectivity index (χ3n) is 12.2. The van der Waals surface area contributed by atoms with E-state index in [4.69, 9.17) is 11.6 Å². The normalized spacial score (nSPS) is 11.8. The summed E-state index contributed by atoms with van der Waals surface area (Å²) in [6, 6.07) is 23.6. The van der Waals surface area contributed by atoms with E-state index in [0.29, 0.717) is 53.8 Å². The highest BCUT2D eigenvalue weighted by Crippen LogP contribution is 2.44. The van der Waals surface area contributed by atoms with Crippen molar-refractivity contribution in [1.82, 2.24) is 15.0 Å². The Morgan fingerprint density at radius 2 is 1.22 bits per heavy atom. The van der Waals surface area contributed by atoms with Gasteiger partial charge in [0.2, 0.25) is 17.6 Å². The lowest BCUT2D eigenvalue weighted by molar-refractivity contribution is -0.120. The molecule has 0 atom stereocenters. The van der Waals surface area contributed by atoms with Gasteiger partial charge in [-0.15, -0.1) is 38.0 Å². The van der Waals surface area contributed by atoms with Gasteiger partial charge in [-0.3, -0.25) is 23.7 Å². The second-order valence-corrected chi connectivity index (χ2v) is 22.4. The summed E-state index contributed by atoms with van der Waals surface area (Å²) in [5.74, 6) is -4.38. The number of aliphatic hydroxyl groups is 1. The maximum absolute atomic E-state index is 14.0. The number of thiophene rings is 2. The molecule has 6 N–H and O–H groups in total. The zero-order chi connectivity index (χ0) is 62.2. The van der Waals surface area contributed by atoms with E-state index < -0.39 is 66.0 Å². The van der Waals surface area contributed by atoms with Crippen molar-refractivity contribution in [1.29, 1.82) is 5.26 Å². The Balaban J connectivity index is 1.28. The number of rotatable bonds is 26. The van der Waals surface area contributed by atoms with Crippen LogP contribution in [0.15, 0.2) is 133 Å². The molecule has 29 heteroatoms. The van der Waals surface area contributed by atoms with Crippen LogP contribution in [0.5, 0.6) is 0 Å². The number of Topliss-reactive ketones (excluding diaryl/α,β-unsaturated/α-hetero) is 2. The van der Waals surface area contributed by atoms with Gasteiger partial charge < -0.3 is 36.2 Å². The Hall–Kier alpha value is -9.49. The number of thioether (sulfide) groups is 1. The molecule has 3 heterocycles. The molecule has 0 aliphatic rings. The number of carbonyl (C=O) groups excluding carboxylic acids is 4. The number of amides is 2. The lowest BCUT2D eigenvalue weighted by Gasteiger charge is -2.22. The molecule has 4 aromatic carbocycles. The minimum atomic E-state index is -5.22.